The molecule has 0 amide bonds. The van der Waals surface area contributed by atoms with Crippen molar-refractivity contribution in [2.75, 3.05) is 11.9 Å². The summed E-state index contributed by atoms with van der Waals surface area (Å²) in [6.07, 6.45) is 1.26. The number of nitrogens with one attached hydrogen (secondary N) is 1. The lowest BCUT2D eigenvalue weighted by molar-refractivity contribution is 0.571. The van der Waals surface area contributed by atoms with Crippen LogP contribution in [0, 0.1) is 29.6 Å². The quantitative estimate of drug-likeness (QED) is 0.844. The zero-order valence-corrected chi connectivity index (χ0v) is 10.3. The molecule has 4 nitrogen and oxygen atoms in total. The van der Waals surface area contributed by atoms with Crippen LogP contribution in [0.15, 0.2) is 0 Å². The fourth-order valence-electron chi connectivity index (χ4n) is 2.14. The maximum absolute atomic E-state index is 9.05. The number of anilines is 1. The average molecular weight is 218 g/mol. The minimum atomic E-state index is 0.466. The van der Waals surface area contributed by atoms with Crippen LogP contribution in [-0.2, 0) is 7.05 Å². The highest BCUT2D eigenvalue weighted by Crippen LogP contribution is 2.51. The Balaban J connectivity index is 2.08. The summed E-state index contributed by atoms with van der Waals surface area (Å²) in [5, 5.41) is 16.6. The summed E-state index contributed by atoms with van der Waals surface area (Å²) in [4.78, 5) is 0. The summed E-state index contributed by atoms with van der Waals surface area (Å²) in [7, 11) is 1.87. The molecule has 1 unspecified atom stereocenters. The van der Waals surface area contributed by atoms with Gasteiger partial charge in [0.15, 0.2) is 0 Å². The third-order valence-electron chi connectivity index (χ3n) is 3.57. The summed E-state index contributed by atoms with van der Waals surface area (Å²) in [5.41, 5.74) is 1.93. The maximum Gasteiger partial charge on any atom is 0.142 e. The van der Waals surface area contributed by atoms with Gasteiger partial charge in [0.2, 0.25) is 0 Å². The van der Waals surface area contributed by atoms with Crippen LogP contribution in [0.4, 0.5) is 5.82 Å². The highest BCUT2D eigenvalue weighted by Gasteiger charge is 2.45. The van der Waals surface area contributed by atoms with E-state index in [4.69, 9.17) is 5.26 Å². The van der Waals surface area contributed by atoms with Crippen molar-refractivity contribution in [3.8, 4) is 6.07 Å². The maximum atomic E-state index is 9.05. The molecule has 16 heavy (non-hydrogen) atoms. The molecular weight excluding hydrogens is 200 g/mol. The van der Waals surface area contributed by atoms with Crippen LogP contribution in [0.2, 0.25) is 0 Å². The number of hydrogen-bond donors (Lipinski definition) is 1. The van der Waals surface area contributed by atoms with Crippen molar-refractivity contribution >= 4 is 5.82 Å². The van der Waals surface area contributed by atoms with Crippen molar-refractivity contribution in [2.24, 2.45) is 18.4 Å². The van der Waals surface area contributed by atoms with E-state index in [1.54, 1.807) is 4.68 Å². The second-order valence-electron chi connectivity index (χ2n) is 5.31. The lowest BCUT2D eigenvalue weighted by atomic mass is 10.1. The van der Waals surface area contributed by atoms with Crippen LogP contribution in [0.25, 0.3) is 0 Å². The van der Waals surface area contributed by atoms with Gasteiger partial charge in [-0.1, -0.05) is 13.8 Å². The molecule has 86 valence electrons. The smallest absolute Gasteiger partial charge is 0.142 e. The monoisotopic (exact) mass is 218 g/mol. The summed E-state index contributed by atoms with van der Waals surface area (Å²) in [6, 6.07) is 2.20. The van der Waals surface area contributed by atoms with Crippen LogP contribution in [-0.4, -0.2) is 16.3 Å². The number of hydrogen-bond acceptors (Lipinski definition) is 3. The van der Waals surface area contributed by atoms with Crippen LogP contribution >= 0.6 is 0 Å². The number of nitriles is 1. The Morgan fingerprint density at radius 1 is 1.62 bits per heavy atom. The second-order valence-corrected chi connectivity index (χ2v) is 5.31. The van der Waals surface area contributed by atoms with E-state index in [9.17, 15) is 0 Å². The molecule has 1 aliphatic rings. The first kappa shape index (κ1) is 11.0. The van der Waals surface area contributed by atoms with Gasteiger partial charge in [0.1, 0.15) is 17.5 Å². The van der Waals surface area contributed by atoms with E-state index in [1.807, 2.05) is 14.0 Å². The number of nitrogens with zero attached hydrogens (tertiary/aromatic N) is 3. The molecule has 1 heterocycles. The van der Waals surface area contributed by atoms with E-state index < -0.39 is 0 Å². The summed E-state index contributed by atoms with van der Waals surface area (Å²) < 4.78 is 1.75. The summed E-state index contributed by atoms with van der Waals surface area (Å²) in [5.74, 6) is 1.57. The van der Waals surface area contributed by atoms with Crippen molar-refractivity contribution in [1.82, 2.24) is 9.78 Å². The van der Waals surface area contributed by atoms with Gasteiger partial charge in [-0.15, -0.1) is 0 Å². The number of rotatable bonds is 3. The Morgan fingerprint density at radius 3 is 2.75 bits per heavy atom. The molecule has 1 saturated carbocycles. The highest BCUT2D eigenvalue weighted by molar-refractivity contribution is 5.55. The van der Waals surface area contributed by atoms with Gasteiger partial charge >= 0.3 is 0 Å². The van der Waals surface area contributed by atoms with Crippen LogP contribution in [0.1, 0.15) is 31.5 Å². The predicted octanol–water partition coefficient (Wildman–Crippen LogP) is 2.06. The molecule has 1 aromatic rings. The first-order valence-electron chi connectivity index (χ1n) is 5.63. The van der Waals surface area contributed by atoms with E-state index in [0.29, 0.717) is 16.9 Å². The molecule has 1 N–H and O–H groups in total. The fraction of sp³-hybridized carbons (Fsp3) is 0.667. The molecule has 4 heteroatoms. The molecule has 0 spiro atoms. The zero-order valence-electron chi connectivity index (χ0n) is 10.3. The van der Waals surface area contributed by atoms with Crippen LogP contribution in [0.5, 0.6) is 0 Å². The molecular formula is C12H18N4. The molecule has 0 aliphatic heterocycles. The van der Waals surface area contributed by atoms with Crippen molar-refractivity contribution < 1.29 is 0 Å². The van der Waals surface area contributed by atoms with Crippen LogP contribution < -0.4 is 5.32 Å². The molecule has 0 radical (unpaired) electrons. The third-order valence-corrected chi connectivity index (χ3v) is 3.57. The first-order valence-corrected chi connectivity index (χ1v) is 5.63. The molecule has 1 atom stereocenters. The third kappa shape index (κ3) is 1.78. The lowest BCUT2D eigenvalue weighted by Gasteiger charge is -2.08. The minimum Gasteiger partial charge on any atom is -0.369 e. The Bertz CT molecular complexity index is 450. The van der Waals surface area contributed by atoms with Crippen molar-refractivity contribution in [3.63, 3.8) is 0 Å². The summed E-state index contributed by atoms with van der Waals surface area (Å²) in [6.45, 7) is 7.35. The number of aryl methyl sites for hydroxylation is 2. The SMILES string of the molecule is Cc1nn(C)c(NCC2CC2(C)C)c1C#N. The van der Waals surface area contributed by atoms with Crippen molar-refractivity contribution in [3.05, 3.63) is 11.3 Å². The van der Waals surface area contributed by atoms with E-state index in [0.717, 1.165) is 18.1 Å². The van der Waals surface area contributed by atoms with Gasteiger partial charge in [0.25, 0.3) is 0 Å². The zero-order chi connectivity index (χ0) is 11.9. The van der Waals surface area contributed by atoms with Gasteiger partial charge in [0.05, 0.1) is 5.69 Å². The molecule has 1 fully saturated rings. The van der Waals surface area contributed by atoms with E-state index in [1.165, 1.54) is 6.42 Å². The van der Waals surface area contributed by atoms with Gasteiger partial charge < -0.3 is 5.32 Å². The predicted molar refractivity (Wildman–Crippen MR) is 63.0 cm³/mol. The van der Waals surface area contributed by atoms with Gasteiger partial charge in [-0.3, -0.25) is 4.68 Å². The molecule has 0 aromatic carbocycles. The Kier molecular flexibility index (Phi) is 2.42. The molecule has 1 aliphatic carbocycles. The van der Waals surface area contributed by atoms with E-state index in [2.05, 4.69) is 30.3 Å². The Hall–Kier alpha value is -1.50. The first-order chi connectivity index (χ1) is 7.45. The molecule has 1 aromatic heterocycles. The Morgan fingerprint density at radius 2 is 2.25 bits per heavy atom. The standard InChI is InChI=1S/C12H18N4/c1-8-10(6-13)11(16(4)15-8)14-7-9-5-12(9,2)3/h9,14H,5,7H2,1-4H3. The summed E-state index contributed by atoms with van der Waals surface area (Å²) >= 11 is 0. The highest BCUT2D eigenvalue weighted by atomic mass is 15.3. The number of aromatic nitrogens is 2. The molecule has 0 bridgehead atoms. The van der Waals surface area contributed by atoms with E-state index >= 15 is 0 Å². The van der Waals surface area contributed by atoms with Crippen LogP contribution in [0.3, 0.4) is 0 Å². The Labute approximate surface area is 96.3 Å². The topological polar surface area (TPSA) is 53.6 Å². The minimum absolute atomic E-state index is 0.466. The van der Waals surface area contributed by atoms with Gasteiger partial charge in [-0.05, 0) is 24.7 Å². The van der Waals surface area contributed by atoms with Crippen molar-refractivity contribution in [1.29, 1.82) is 5.26 Å². The van der Waals surface area contributed by atoms with Gasteiger partial charge in [0, 0.05) is 13.6 Å². The lowest BCUT2D eigenvalue weighted by Crippen LogP contribution is -2.11. The van der Waals surface area contributed by atoms with Gasteiger partial charge in [-0.2, -0.15) is 10.4 Å². The second kappa shape index (κ2) is 3.51. The van der Waals surface area contributed by atoms with Crippen molar-refractivity contribution in [2.45, 2.75) is 27.2 Å². The van der Waals surface area contributed by atoms with E-state index in [-0.39, 0.29) is 0 Å². The largest absolute Gasteiger partial charge is 0.369 e. The molecule has 2 rings (SSSR count). The average Bonchev–Trinajstić information content (AvgIpc) is 2.69. The normalized spacial score (nSPS) is 21.6. The molecule has 0 saturated heterocycles. The fourth-order valence-corrected chi connectivity index (χ4v) is 2.14. The van der Waals surface area contributed by atoms with Gasteiger partial charge in [-0.25, -0.2) is 0 Å².